The molecule has 0 saturated heterocycles. The van der Waals surface area contributed by atoms with Crippen LogP contribution in [0.1, 0.15) is 31.7 Å². The predicted octanol–water partition coefficient (Wildman–Crippen LogP) is 1.52. The van der Waals surface area contributed by atoms with E-state index in [4.69, 9.17) is 24.7 Å². The quantitative estimate of drug-likeness (QED) is 0.389. The van der Waals surface area contributed by atoms with Crippen LogP contribution in [0.2, 0.25) is 0 Å². The van der Waals surface area contributed by atoms with E-state index in [1.807, 2.05) is 0 Å². The molecule has 1 atom stereocenters. The molecule has 11 nitrogen and oxygen atoms in total. The van der Waals surface area contributed by atoms with Crippen molar-refractivity contribution in [3.8, 4) is 23.0 Å². The number of esters is 2. The molecule has 0 amide bonds. The van der Waals surface area contributed by atoms with Crippen molar-refractivity contribution in [2.24, 2.45) is 0 Å². The molecule has 1 aliphatic rings. The summed E-state index contributed by atoms with van der Waals surface area (Å²) in [6.45, 7) is 0. The first-order valence-electron chi connectivity index (χ1n) is 11.0. The summed E-state index contributed by atoms with van der Waals surface area (Å²) in [7, 11) is 5.09. The van der Waals surface area contributed by atoms with Gasteiger partial charge in [0, 0.05) is 5.22 Å². The van der Waals surface area contributed by atoms with Gasteiger partial charge in [0.15, 0.2) is 28.7 Å². The van der Waals surface area contributed by atoms with Crippen molar-refractivity contribution in [3.63, 3.8) is 0 Å². The second kappa shape index (κ2) is 10.4. The Labute approximate surface area is 220 Å². The van der Waals surface area contributed by atoms with Gasteiger partial charge in [-0.2, -0.15) is 0 Å². The van der Waals surface area contributed by atoms with Gasteiger partial charge in [-0.15, -0.1) is 0 Å². The molecule has 0 fully saturated rings. The highest BCUT2D eigenvalue weighted by molar-refractivity contribution is 8.10. The van der Waals surface area contributed by atoms with Gasteiger partial charge < -0.3 is 34.9 Å². The topological polar surface area (TPSA) is 160 Å². The fourth-order valence-electron chi connectivity index (χ4n) is 4.09. The van der Waals surface area contributed by atoms with Gasteiger partial charge in [-0.1, -0.05) is 23.9 Å². The van der Waals surface area contributed by atoms with E-state index in [1.54, 1.807) is 12.1 Å². The zero-order valence-corrected chi connectivity index (χ0v) is 21.6. The highest BCUT2D eigenvalue weighted by atomic mass is 32.2. The number of rotatable bonds is 6. The monoisotopic (exact) mass is 540 g/mol. The third kappa shape index (κ3) is 4.39. The molecule has 0 saturated carbocycles. The molecule has 1 aliphatic heterocycles. The number of phenols is 2. The Kier molecular flexibility index (Phi) is 7.26. The second-order valence-electron chi connectivity index (χ2n) is 8.02. The highest BCUT2D eigenvalue weighted by Crippen LogP contribution is 2.42. The van der Waals surface area contributed by atoms with Crippen LogP contribution in [0.4, 0.5) is 5.69 Å². The molecule has 4 N–H and O–H groups in total. The van der Waals surface area contributed by atoms with Crippen LogP contribution in [0.5, 0.6) is 23.0 Å². The van der Waals surface area contributed by atoms with Crippen LogP contribution in [-0.2, 0) is 14.3 Å². The van der Waals surface area contributed by atoms with Gasteiger partial charge in [0.05, 0.1) is 39.5 Å². The van der Waals surface area contributed by atoms with E-state index in [-0.39, 0.29) is 49.9 Å². The lowest BCUT2D eigenvalue weighted by atomic mass is 10.1. The molecule has 0 spiro atoms. The molecule has 2 aromatic carbocycles. The molecule has 38 heavy (non-hydrogen) atoms. The van der Waals surface area contributed by atoms with Crippen LogP contribution < -0.4 is 25.8 Å². The summed E-state index contributed by atoms with van der Waals surface area (Å²) in [5, 5.41) is 19.2. The summed E-state index contributed by atoms with van der Waals surface area (Å²) in [6, 6.07) is 8.83. The molecule has 3 aromatic rings. The lowest BCUT2D eigenvalue weighted by molar-refractivity contribution is -0.133. The molecule has 12 heteroatoms. The van der Waals surface area contributed by atoms with Crippen LogP contribution in [0, 0.1) is 0 Å². The van der Waals surface area contributed by atoms with Crippen molar-refractivity contribution >= 4 is 46.3 Å². The predicted molar refractivity (Wildman–Crippen MR) is 139 cm³/mol. The molecule has 4 rings (SSSR count). The molecular weight excluding hydrogens is 516 g/mol. The second-order valence-corrected chi connectivity index (χ2v) is 9.13. The van der Waals surface area contributed by atoms with Crippen LogP contribution in [0.25, 0.3) is 11.0 Å². The Hall–Kier alpha value is -4.58. The number of nitrogens with zero attached hydrogens (tertiary/aromatic N) is 1. The van der Waals surface area contributed by atoms with E-state index in [0.717, 1.165) is 23.4 Å². The summed E-state index contributed by atoms with van der Waals surface area (Å²) >= 11 is 0.911. The van der Waals surface area contributed by atoms with E-state index in [2.05, 4.69) is 0 Å². The van der Waals surface area contributed by atoms with Crippen molar-refractivity contribution in [1.82, 2.24) is 4.57 Å². The number of nitrogen functional groups attached to an aromatic ring is 1. The van der Waals surface area contributed by atoms with Gasteiger partial charge >= 0.3 is 11.9 Å². The first-order valence-corrected chi connectivity index (χ1v) is 11.9. The Bertz CT molecular complexity index is 1590. The Morgan fingerprint density at radius 3 is 2.16 bits per heavy atom. The first-order chi connectivity index (χ1) is 18.2. The minimum atomic E-state index is -1.03. The van der Waals surface area contributed by atoms with Crippen molar-refractivity contribution < 1.29 is 43.5 Å². The lowest BCUT2D eigenvalue weighted by Crippen LogP contribution is -2.42. The number of carbonyl (C=O) groups excluding carboxylic acids is 3. The van der Waals surface area contributed by atoms with Gasteiger partial charge in [0.25, 0.3) is 0 Å². The molecule has 0 aliphatic carbocycles. The summed E-state index contributed by atoms with van der Waals surface area (Å²) in [5.74, 6) is -2.15. The maximum atomic E-state index is 13.9. The van der Waals surface area contributed by atoms with Gasteiger partial charge in [0.2, 0.25) is 5.91 Å². The Morgan fingerprint density at radius 2 is 1.55 bits per heavy atom. The summed E-state index contributed by atoms with van der Waals surface area (Å²) in [6.07, 6.45) is 1.55. The van der Waals surface area contributed by atoms with Crippen LogP contribution >= 0.6 is 11.8 Å². The molecule has 0 radical (unpaired) electrons. The van der Waals surface area contributed by atoms with Gasteiger partial charge in [-0.3, -0.25) is 9.36 Å². The summed E-state index contributed by atoms with van der Waals surface area (Å²) < 4.78 is 21.3. The van der Waals surface area contributed by atoms with Gasteiger partial charge in [-0.25, -0.2) is 9.59 Å². The van der Waals surface area contributed by atoms with E-state index in [9.17, 15) is 24.6 Å². The van der Waals surface area contributed by atoms with Crippen molar-refractivity contribution in [1.29, 1.82) is 0 Å². The third-order valence-corrected chi connectivity index (χ3v) is 7.22. The zero-order chi connectivity index (χ0) is 27.7. The van der Waals surface area contributed by atoms with Gasteiger partial charge in [0.1, 0.15) is 10.2 Å². The maximum Gasteiger partial charge on any atom is 0.357 e. The molecule has 0 bridgehead atoms. The SMILES string of the molecule is COC(=O)C1=c2/c(=C/c3ccc(O)c(OC)c3)c(N)c(C(=O)OC)n2C(=O)[C@H](c2ccc(O)c(OC)c2)S1. The van der Waals surface area contributed by atoms with E-state index in [0.29, 0.717) is 11.1 Å². The number of phenolic OH excluding ortho intramolecular Hbond substituents is 2. The minimum Gasteiger partial charge on any atom is -0.504 e. The Morgan fingerprint density at radius 1 is 0.947 bits per heavy atom. The normalized spacial score (nSPS) is 15.2. The van der Waals surface area contributed by atoms with Crippen LogP contribution in [0.3, 0.4) is 0 Å². The molecule has 0 unspecified atom stereocenters. The molecule has 1 aromatic heterocycles. The number of fused-ring (bicyclic) bond motifs is 1. The number of hydrogen-bond acceptors (Lipinski definition) is 11. The summed E-state index contributed by atoms with van der Waals surface area (Å²) in [4.78, 5) is 39.8. The summed E-state index contributed by atoms with van der Waals surface area (Å²) in [5.41, 5.74) is 6.95. The molecule has 198 valence electrons. The van der Waals surface area contributed by atoms with E-state index < -0.39 is 23.1 Å². The minimum absolute atomic E-state index is 0.0167. The molecular formula is C26H24N2O9S. The van der Waals surface area contributed by atoms with Crippen LogP contribution in [0.15, 0.2) is 36.4 Å². The average molecular weight is 541 g/mol. The number of thioether (sulfide) groups is 1. The van der Waals surface area contributed by atoms with E-state index >= 15 is 0 Å². The number of hydrogen-bond donors (Lipinski definition) is 3. The smallest absolute Gasteiger partial charge is 0.357 e. The number of nitrogens with two attached hydrogens (primary N) is 1. The largest absolute Gasteiger partial charge is 0.504 e. The first kappa shape index (κ1) is 26.5. The van der Waals surface area contributed by atoms with Crippen molar-refractivity contribution in [2.45, 2.75) is 5.25 Å². The zero-order valence-electron chi connectivity index (χ0n) is 20.8. The number of benzene rings is 2. The standard InChI is InChI=1S/C26H24N2O9S/c1-34-17-10-12(5-7-15(17)29)9-14-19(27)21(25(32)36-3)28-20(14)23(26(33)37-4)38-22(24(28)31)13-6-8-16(30)18(11-13)35-2/h5-11,22,29-30H,27H2,1-4H3/b14-9+/t22-/m0/s1. The number of anilines is 1. The third-order valence-electron chi connectivity index (χ3n) is 5.91. The number of ether oxygens (including phenoxy) is 4. The Balaban J connectivity index is 2.09. The lowest BCUT2D eigenvalue weighted by Gasteiger charge is -2.23. The molecule has 2 heterocycles. The number of aromatic nitrogens is 1. The van der Waals surface area contributed by atoms with Crippen molar-refractivity contribution in [3.05, 3.63) is 63.8 Å². The highest BCUT2D eigenvalue weighted by Gasteiger charge is 2.38. The fourth-order valence-corrected chi connectivity index (χ4v) is 5.31. The fraction of sp³-hybridized carbons (Fsp3) is 0.192. The maximum absolute atomic E-state index is 13.9. The van der Waals surface area contributed by atoms with E-state index in [1.165, 1.54) is 51.7 Å². The number of carbonyl (C=O) groups is 3. The van der Waals surface area contributed by atoms with Crippen LogP contribution in [-0.4, -0.2) is 61.1 Å². The number of aromatic hydroxyl groups is 2. The van der Waals surface area contributed by atoms with Gasteiger partial charge in [-0.05, 0) is 41.5 Å². The number of methoxy groups -OCH3 is 4. The average Bonchev–Trinajstić information content (AvgIpc) is 3.21. The van der Waals surface area contributed by atoms with Crippen molar-refractivity contribution in [2.75, 3.05) is 34.2 Å².